The molecular weight excluding hydrogens is 340 g/mol. The number of ketones is 1. The van der Waals surface area contributed by atoms with Gasteiger partial charge in [-0.1, -0.05) is 6.07 Å². The van der Waals surface area contributed by atoms with Crippen molar-refractivity contribution in [2.45, 2.75) is 6.92 Å². The Balaban J connectivity index is 2.07. The standard InChI is InChI=1S/C17H12N4OS2/c1-9(22)16-15(18)14-10(13-3-2-6-23-13)7-11(21-17(14)24-16)12-8-19-4-5-20-12/h2-8H,18H2,1H3. The van der Waals surface area contributed by atoms with Gasteiger partial charge >= 0.3 is 0 Å². The summed E-state index contributed by atoms with van der Waals surface area (Å²) in [4.78, 5) is 27.3. The number of nitrogen functional groups attached to an aromatic ring is 1. The Morgan fingerprint density at radius 1 is 1.25 bits per heavy atom. The first-order valence-electron chi connectivity index (χ1n) is 7.19. The zero-order valence-corrected chi connectivity index (χ0v) is 14.3. The summed E-state index contributed by atoms with van der Waals surface area (Å²) in [6, 6.07) is 5.98. The maximum Gasteiger partial charge on any atom is 0.171 e. The monoisotopic (exact) mass is 352 g/mol. The van der Waals surface area contributed by atoms with Gasteiger partial charge in [0.05, 0.1) is 22.5 Å². The van der Waals surface area contributed by atoms with E-state index >= 15 is 0 Å². The van der Waals surface area contributed by atoms with Gasteiger partial charge in [-0.2, -0.15) is 0 Å². The highest BCUT2D eigenvalue weighted by Crippen LogP contribution is 2.42. The maximum absolute atomic E-state index is 11.9. The van der Waals surface area contributed by atoms with Crippen LogP contribution in [0.5, 0.6) is 0 Å². The van der Waals surface area contributed by atoms with E-state index in [2.05, 4.69) is 15.0 Å². The van der Waals surface area contributed by atoms with E-state index in [0.29, 0.717) is 16.3 Å². The number of hydrogen-bond acceptors (Lipinski definition) is 7. The van der Waals surface area contributed by atoms with Crippen LogP contribution in [0.3, 0.4) is 0 Å². The lowest BCUT2D eigenvalue weighted by molar-refractivity contribution is 0.102. The van der Waals surface area contributed by atoms with Gasteiger partial charge in [-0.15, -0.1) is 22.7 Å². The summed E-state index contributed by atoms with van der Waals surface area (Å²) in [5, 5.41) is 2.85. The Labute approximate surface area is 145 Å². The number of nitrogens with zero attached hydrogens (tertiary/aromatic N) is 3. The number of hydrogen-bond donors (Lipinski definition) is 1. The third kappa shape index (κ3) is 2.38. The Bertz CT molecular complexity index is 1040. The summed E-state index contributed by atoms with van der Waals surface area (Å²) in [5.41, 5.74) is 9.14. The topological polar surface area (TPSA) is 81.8 Å². The van der Waals surface area contributed by atoms with Crippen LogP contribution in [0.1, 0.15) is 16.6 Å². The van der Waals surface area contributed by atoms with E-state index < -0.39 is 0 Å². The zero-order valence-electron chi connectivity index (χ0n) is 12.7. The summed E-state index contributed by atoms with van der Waals surface area (Å²) in [5.74, 6) is -0.0475. The van der Waals surface area contributed by atoms with Gasteiger partial charge in [0.1, 0.15) is 10.5 Å². The second-order valence-electron chi connectivity index (χ2n) is 5.20. The van der Waals surface area contributed by atoms with Crippen molar-refractivity contribution in [3.05, 3.63) is 47.0 Å². The molecule has 0 bridgehead atoms. The lowest BCUT2D eigenvalue weighted by Gasteiger charge is -2.06. The van der Waals surface area contributed by atoms with Crippen LogP contribution in [0, 0.1) is 0 Å². The Morgan fingerprint density at radius 2 is 2.12 bits per heavy atom. The number of aromatic nitrogens is 3. The predicted octanol–water partition coefficient (Wildman–Crippen LogP) is 4.27. The minimum atomic E-state index is -0.0475. The van der Waals surface area contributed by atoms with Crippen molar-refractivity contribution in [2.75, 3.05) is 5.73 Å². The van der Waals surface area contributed by atoms with E-state index in [4.69, 9.17) is 5.73 Å². The van der Waals surface area contributed by atoms with Crippen LogP contribution in [0.2, 0.25) is 0 Å². The third-order valence-corrected chi connectivity index (χ3v) is 5.73. The largest absolute Gasteiger partial charge is 0.397 e. The van der Waals surface area contributed by atoms with Crippen LogP contribution in [0.4, 0.5) is 5.69 Å². The number of anilines is 1. The maximum atomic E-state index is 11.9. The summed E-state index contributed by atoms with van der Waals surface area (Å²) < 4.78 is 0. The average molecular weight is 352 g/mol. The number of carbonyl (C=O) groups excluding carboxylic acids is 1. The number of nitrogens with two attached hydrogens (primary N) is 1. The number of pyridine rings is 1. The van der Waals surface area contributed by atoms with E-state index in [0.717, 1.165) is 26.4 Å². The molecule has 0 atom stereocenters. The SMILES string of the molecule is CC(=O)c1sc2nc(-c3cnccn3)cc(-c3cccs3)c2c1N. The van der Waals surface area contributed by atoms with Crippen LogP contribution in [-0.4, -0.2) is 20.7 Å². The van der Waals surface area contributed by atoms with E-state index in [9.17, 15) is 4.79 Å². The zero-order chi connectivity index (χ0) is 16.7. The molecule has 24 heavy (non-hydrogen) atoms. The molecule has 0 radical (unpaired) electrons. The van der Waals surface area contributed by atoms with Crippen molar-refractivity contribution in [1.82, 2.24) is 15.0 Å². The predicted molar refractivity (Wildman–Crippen MR) is 98.4 cm³/mol. The van der Waals surface area contributed by atoms with Crippen molar-refractivity contribution in [1.29, 1.82) is 0 Å². The first-order valence-corrected chi connectivity index (χ1v) is 8.89. The van der Waals surface area contributed by atoms with Crippen molar-refractivity contribution in [3.8, 4) is 21.8 Å². The molecule has 5 nitrogen and oxygen atoms in total. The summed E-state index contributed by atoms with van der Waals surface area (Å²) in [7, 11) is 0. The normalized spacial score (nSPS) is 11.0. The smallest absolute Gasteiger partial charge is 0.171 e. The Morgan fingerprint density at radius 3 is 2.79 bits per heavy atom. The first-order chi connectivity index (χ1) is 11.6. The van der Waals surface area contributed by atoms with Gasteiger partial charge in [0, 0.05) is 35.1 Å². The number of fused-ring (bicyclic) bond motifs is 1. The summed E-state index contributed by atoms with van der Waals surface area (Å²) in [6.07, 6.45) is 4.93. The van der Waals surface area contributed by atoms with E-state index in [1.54, 1.807) is 29.9 Å². The molecule has 2 N–H and O–H groups in total. The van der Waals surface area contributed by atoms with Crippen LogP contribution >= 0.6 is 22.7 Å². The molecule has 0 amide bonds. The van der Waals surface area contributed by atoms with Crippen molar-refractivity contribution < 1.29 is 4.79 Å². The summed E-state index contributed by atoms with van der Waals surface area (Å²) in [6.45, 7) is 1.52. The van der Waals surface area contributed by atoms with Crippen molar-refractivity contribution >= 4 is 44.4 Å². The average Bonchev–Trinajstić information content (AvgIpc) is 3.23. The minimum absolute atomic E-state index is 0.0475. The number of rotatable bonds is 3. The van der Waals surface area contributed by atoms with E-state index in [-0.39, 0.29) is 5.78 Å². The molecule has 0 unspecified atom stereocenters. The van der Waals surface area contributed by atoms with Gasteiger partial charge in [0.15, 0.2) is 5.78 Å². The number of Topliss-reactive ketones (excluding diaryl/α,β-unsaturated/α-hetero) is 1. The van der Waals surface area contributed by atoms with E-state index in [1.807, 2.05) is 23.6 Å². The molecule has 0 aromatic carbocycles. The minimum Gasteiger partial charge on any atom is -0.397 e. The Kier molecular flexibility index (Phi) is 3.59. The van der Waals surface area contributed by atoms with Gasteiger partial charge < -0.3 is 5.73 Å². The van der Waals surface area contributed by atoms with Gasteiger partial charge in [-0.25, -0.2) is 4.98 Å². The fourth-order valence-corrected chi connectivity index (χ4v) is 4.34. The highest BCUT2D eigenvalue weighted by atomic mass is 32.1. The molecule has 0 spiro atoms. The molecule has 0 aliphatic heterocycles. The van der Waals surface area contributed by atoms with Crippen molar-refractivity contribution in [3.63, 3.8) is 0 Å². The van der Waals surface area contributed by atoms with Gasteiger partial charge in [0.2, 0.25) is 0 Å². The second kappa shape index (κ2) is 5.77. The molecular formula is C17H12N4OS2. The fraction of sp³-hybridized carbons (Fsp3) is 0.0588. The lowest BCUT2D eigenvalue weighted by atomic mass is 10.1. The number of carbonyl (C=O) groups is 1. The molecule has 4 heterocycles. The number of thiophene rings is 2. The molecule has 0 fully saturated rings. The molecule has 0 saturated heterocycles. The van der Waals surface area contributed by atoms with Crippen LogP contribution in [0.25, 0.3) is 32.0 Å². The molecule has 118 valence electrons. The first kappa shape index (κ1) is 14.9. The Hall–Kier alpha value is -2.64. The highest BCUT2D eigenvalue weighted by Gasteiger charge is 2.20. The molecule has 4 rings (SSSR count). The lowest BCUT2D eigenvalue weighted by Crippen LogP contribution is -1.95. The molecule has 4 aromatic rings. The van der Waals surface area contributed by atoms with Crippen molar-refractivity contribution in [2.24, 2.45) is 0 Å². The molecule has 7 heteroatoms. The molecule has 0 aliphatic carbocycles. The second-order valence-corrected chi connectivity index (χ2v) is 7.15. The van der Waals surface area contributed by atoms with Crippen LogP contribution < -0.4 is 5.73 Å². The van der Waals surface area contributed by atoms with Crippen LogP contribution in [0.15, 0.2) is 42.2 Å². The van der Waals surface area contributed by atoms with E-state index in [1.165, 1.54) is 18.3 Å². The quantitative estimate of drug-likeness (QED) is 0.557. The van der Waals surface area contributed by atoms with Crippen LogP contribution in [-0.2, 0) is 0 Å². The fourth-order valence-electron chi connectivity index (χ4n) is 2.57. The van der Waals surface area contributed by atoms with Gasteiger partial charge in [-0.3, -0.25) is 14.8 Å². The molecule has 0 saturated carbocycles. The highest BCUT2D eigenvalue weighted by molar-refractivity contribution is 7.21. The van der Waals surface area contributed by atoms with Gasteiger partial charge in [0.25, 0.3) is 0 Å². The van der Waals surface area contributed by atoms with Gasteiger partial charge in [-0.05, 0) is 17.5 Å². The summed E-state index contributed by atoms with van der Waals surface area (Å²) >= 11 is 2.94. The molecule has 4 aromatic heterocycles. The third-order valence-electron chi connectivity index (χ3n) is 3.63. The molecule has 0 aliphatic rings.